The number of carbonyl (C=O) groups excluding carboxylic acids is 1. The van der Waals surface area contributed by atoms with E-state index in [1.807, 2.05) is 38.1 Å². The maximum Gasteiger partial charge on any atom is 0.243 e. The first kappa shape index (κ1) is 25.0. The molecule has 0 aromatic heterocycles. The summed E-state index contributed by atoms with van der Waals surface area (Å²) in [7, 11) is -2.10. The van der Waals surface area contributed by atoms with Crippen LogP contribution in [0, 0.1) is 6.92 Å². The van der Waals surface area contributed by atoms with Crippen molar-refractivity contribution in [3.63, 3.8) is 0 Å². The second-order valence-electron chi connectivity index (χ2n) is 8.08. The largest absolute Gasteiger partial charge is 0.496 e. The van der Waals surface area contributed by atoms with E-state index < -0.39 is 10.0 Å². The van der Waals surface area contributed by atoms with Crippen molar-refractivity contribution in [3.8, 4) is 11.5 Å². The van der Waals surface area contributed by atoms with Gasteiger partial charge in [0, 0.05) is 19.5 Å². The third-order valence-electron chi connectivity index (χ3n) is 5.41. The molecule has 1 amide bonds. The highest BCUT2D eigenvalue weighted by molar-refractivity contribution is 7.89. The Labute approximate surface area is 195 Å². The van der Waals surface area contributed by atoms with Gasteiger partial charge < -0.3 is 19.5 Å². The molecule has 9 heteroatoms. The van der Waals surface area contributed by atoms with E-state index in [1.54, 1.807) is 12.1 Å². The molecule has 3 rings (SSSR count). The van der Waals surface area contributed by atoms with Gasteiger partial charge in [0.15, 0.2) is 0 Å². The Balaban J connectivity index is 1.57. The van der Waals surface area contributed by atoms with Gasteiger partial charge in [0.2, 0.25) is 15.9 Å². The van der Waals surface area contributed by atoms with Crippen LogP contribution in [0.4, 0.5) is 0 Å². The standard InChI is InChI=1S/C24H32N2O6S/c1-18-4-7-21(8-5-18)32-17-19(2)25-24(27)11-6-20-16-22(9-10-23(20)30-3)33(28,29)26-12-14-31-15-13-26/h4-5,7-10,16,19H,6,11-15,17H2,1-3H3,(H,25,27)/t19-/m1/s1. The van der Waals surface area contributed by atoms with E-state index in [2.05, 4.69) is 5.32 Å². The molecule has 0 bridgehead atoms. The lowest BCUT2D eigenvalue weighted by atomic mass is 10.1. The summed E-state index contributed by atoms with van der Waals surface area (Å²) in [5.41, 5.74) is 1.83. The molecule has 0 radical (unpaired) electrons. The van der Waals surface area contributed by atoms with Crippen molar-refractivity contribution in [2.24, 2.45) is 0 Å². The summed E-state index contributed by atoms with van der Waals surface area (Å²) in [6, 6.07) is 12.3. The van der Waals surface area contributed by atoms with Crippen molar-refractivity contribution in [2.75, 3.05) is 40.0 Å². The number of ether oxygens (including phenoxy) is 3. The Hall–Kier alpha value is -2.62. The van der Waals surface area contributed by atoms with Gasteiger partial charge in [-0.2, -0.15) is 4.31 Å². The zero-order valence-corrected chi connectivity index (χ0v) is 20.2. The van der Waals surface area contributed by atoms with Crippen molar-refractivity contribution in [2.45, 2.75) is 37.6 Å². The monoisotopic (exact) mass is 476 g/mol. The average Bonchev–Trinajstić information content (AvgIpc) is 2.82. The number of hydrogen-bond acceptors (Lipinski definition) is 6. The predicted molar refractivity (Wildman–Crippen MR) is 125 cm³/mol. The fraction of sp³-hybridized carbons (Fsp3) is 0.458. The third-order valence-corrected chi connectivity index (χ3v) is 7.30. The molecule has 1 N–H and O–H groups in total. The van der Waals surface area contributed by atoms with Crippen LogP contribution in [0.15, 0.2) is 47.4 Å². The molecule has 1 aliphatic heterocycles. The normalized spacial score (nSPS) is 15.6. The Morgan fingerprint density at radius 1 is 1.15 bits per heavy atom. The number of carbonyl (C=O) groups is 1. The second-order valence-corrected chi connectivity index (χ2v) is 10.0. The molecule has 1 saturated heterocycles. The summed E-state index contributed by atoms with van der Waals surface area (Å²) in [5.74, 6) is 1.17. The number of benzene rings is 2. The van der Waals surface area contributed by atoms with E-state index in [-0.39, 0.29) is 23.3 Å². The maximum atomic E-state index is 13.0. The van der Waals surface area contributed by atoms with Crippen molar-refractivity contribution < 1.29 is 27.4 Å². The predicted octanol–water partition coefficient (Wildman–Crippen LogP) is 2.54. The van der Waals surface area contributed by atoms with Crippen molar-refractivity contribution in [3.05, 3.63) is 53.6 Å². The van der Waals surface area contributed by atoms with Gasteiger partial charge in [-0.3, -0.25) is 4.79 Å². The van der Waals surface area contributed by atoms with Crippen LogP contribution in [0.1, 0.15) is 24.5 Å². The van der Waals surface area contributed by atoms with E-state index >= 15 is 0 Å². The fourth-order valence-electron chi connectivity index (χ4n) is 3.54. The van der Waals surface area contributed by atoms with Gasteiger partial charge in [-0.15, -0.1) is 0 Å². The lowest BCUT2D eigenvalue weighted by Crippen LogP contribution is -2.40. The molecule has 1 fully saturated rings. The van der Waals surface area contributed by atoms with Gasteiger partial charge in [-0.05, 0) is 56.2 Å². The van der Waals surface area contributed by atoms with Gasteiger partial charge in [-0.1, -0.05) is 17.7 Å². The Kier molecular flexibility index (Phi) is 8.71. The molecule has 1 aliphatic rings. The quantitative estimate of drug-likeness (QED) is 0.566. The summed E-state index contributed by atoms with van der Waals surface area (Å²) in [6.07, 6.45) is 0.555. The minimum absolute atomic E-state index is 0.140. The number of rotatable bonds is 10. The van der Waals surface area contributed by atoms with Gasteiger partial charge in [0.1, 0.15) is 18.1 Å². The zero-order valence-electron chi connectivity index (χ0n) is 19.4. The highest BCUT2D eigenvalue weighted by Crippen LogP contribution is 2.26. The van der Waals surface area contributed by atoms with Crippen LogP contribution in [0.3, 0.4) is 0 Å². The second kappa shape index (κ2) is 11.5. The Bertz CT molecular complexity index is 1030. The first-order valence-corrected chi connectivity index (χ1v) is 12.5. The van der Waals surface area contributed by atoms with Gasteiger partial charge in [0.25, 0.3) is 0 Å². The minimum atomic E-state index is -3.62. The van der Waals surface area contributed by atoms with Crippen molar-refractivity contribution in [1.29, 1.82) is 0 Å². The van der Waals surface area contributed by atoms with E-state index in [0.717, 1.165) is 11.3 Å². The first-order chi connectivity index (χ1) is 15.8. The molecule has 8 nitrogen and oxygen atoms in total. The van der Waals surface area contributed by atoms with Crippen LogP contribution in [0.25, 0.3) is 0 Å². The number of amides is 1. The van der Waals surface area contributed by atoms with Crippen molar-refractivity contribution in [1.82, 2.24) is 9.62 Å². The van der Waals surface area contributed by atoms with E-state index in [4.69, 9.17) is 14.2 Å². The number of methoxy groups -OCH3 is 1. The number of aryl methyl sites for hydroxylation is 2. The van der Waals surface area contributed by atoms with Crippen molar-refractivity contribution >= 4 is 15.9 Å². The lowest BCUT2D eigenvalue weighted by Gasteiger charge is -2.26. The Morgan fingerprint density at radius 3 is 2.52 bits per heavy atom. The molecule has 0 aliphatic carbocycles. The number of hydrogen-bond donors (Lipinski definition) is 1. The number of nitrogens with one attached hydrogen (secondary N) is 1. The van der Waals surface area contributed by atoms with Gasteiger partial charge >= 0.3 is 0 Å². The molecule has 0 saturated carbocycles. The molecule has 0 spiro atoms. The zero-order chi connectivity index (χ0) is 23.8. The minimum Gasteiger partial charge on any atom is -0.496 e. The number of nitrogens with zero attached hydrogens (tertiary/aromatic N) is 1. The maximum absolute atomic E-state index is 13.0. The topological polar surface area (TPSA) is 94.2 Å². The van der Waals surface area contributed by atoms with E-state index in [1.165, 1.54) is 17.5 Å². The van der Waals surface area contributed by atoms with Crippen LogP contribution < -0.4 is 14.8 Å². The number of morpholine rings is 1. The molecular weight excluding hydrogens is 444 g/mol. The average molecular weight is 477 g/mol. The SMILES string of the molecule is COc1ccc(S(=O)(=O)N2CCOCC2)cc1CCC(=O)N[C@H](C)COc1ccc(C)cc1. The molecule has 0 unspecified atom stereocenters. The summed E-state index contributed by atoms with van der Waals surface area (Å²) in [5, 5.41) is 2.92. The number of sulfonamides is 1. The lowest BCUT2D eigenvalue weighted by molar-refractivity contribution is -0.121. The first-order valence-electron chi connectivity index (χ1n) is 11.0. The smallest absolute Gasteiger partial charge is 0.243 e. The molecule has 33 heavy (non-hydrogen) atoms. The summed E-state index contributed by atoms with van der Waals surface area (Å²) < 4.78 is 43.7. The summed E-state index contributed by atoms with van der Waals surface area (Å²) in [4.78, 5) is 12.7. The highest BCUT2D eigenvalue weighted by atomic mass is 32.2. The van der Waals surface area contributed by atoms with Crippen LogP contribution in [-0.2, 0) is 26.0 Å². The molecule has 2 aromatic rings. The van der Waals surface area contributed by atoms with Crippen LogP contribution in [0.2, 0.25) is 0 Å². The van der Waals surface area contributed by atoms with Gasteiger partial charge in [-0.25, -0.2) is 8.42 Å². The van der Waals surface area contributed by atoms with E-state index in [0.29, 0.717) is 50.6 Å². The van der Waals surface area contributed by atoms with Crippen LogP contribution in [0.5, 0.6) is 11.5 Å². The third kappa shape index (κ3) is 6.93. The molecular formula is C24H32N2O6S. The summed E-state index contributed by atoms with van der Waals surface area (Å²) in [6.45, 7) is 5.66. The molecule has 1 heterocycles. The molecule has 2 aromatic carbocycles. The van der Waals surface area contributed by atoms with Crippen LogP contribution >= 0.6 is 0 Å². The molecule has 180 valence electrons. The van der Waals surface area contributed by atoms with E-state index in [9.17, 15) is 13.2 Å². The summed E-state index contributed by atoms with van der Waals surface area (Å²) >= 11 is 0. The van der Waals surface area contributed by atoms with Crippen LogP contribution in [-0.4, -0.2) is 64.7 Å². The Morgan fingerprint density at radius 2 is 1.85 bits per heavy atom. The molecule has 1 atom stereocenters. The van der Waals surface area contributed by atoms with Gasteiger partial charge in [0.05, 0.1) is 31.3 Å². The fourth-order valence-corrected chi connectivity index (χ4v) is 5.00. The highest BCUT2D eigenvalue weighted by Gasteiger charge is 2.27.